The molecule has 110 valence electrons. The van der Waals surface area contributed by atoms with Crippen molar-refractivity contribution in [3.63, 3.8) is 0 Å². The molecule has 0 saturated heterocycles. The number of benzene rings is 2. The third-order valence-electron chi connectivity index (χ3n) is 4.15. The van der Waals surface area contributed by atoms with Gasteiger partial charge in [-0.05, 0) is 61.7 Å². The second-order valence-electron chi connectivity index (χ2n) is 5.62. The Morgan fingerprint density at radius 2 is 1.67 bits per heavy atom. The normalized spacial score (nSPS) is 21.2. The molecule has 3 N–H and O–H groups in total. The van der Waals surface area contributed by atoms with Gasteiger partial charge in [-0.25, -0.2) is 0 Å². The molecule has 0 aromatic heterocycles. The maximum atomic E-state index is 5.83. The fourth-order valence-electron chi connectivity index (χ4n) is 2.97. The average molecular weight is 282 g/mol. The summed E-state index contributed by atoms with van der Waals surface area (Å²) in [5.41, 5.74) is 6.97. The molecule has 1 aliphatic rings. The van der Waals surface area contributed by atoms with Gasteiger partial charge in [0.2, 0.25) is 0 Å². The molecule has 1 fully saturated rings. The minimum atomic E-state index is 0.510. The summed E-state index contributed by atoms with van der Waals surface area (Å²) in [6.45, 7) is 0.771. The van der Waals surface area contributed by atoms with Gasteiger partial charge < -0.3 is 15.8 Å². The van der Waals surface area contributed by atoms with Crippen molar-refractivity contribution >= 4 is 5.69 Å². The minimum absolute atomic E-state index is 0.510. The highest BCUT2D eigenvalue weighted by Gasteiger charge is 2.25. The molecule has 2 atom stereocenters. The molecular weight excluding hydrogens is 260 g/mol. The first-order valence-electron chi connectivity index (χ1n) is 7.65. The maximum absolute atomic E-state index is 5.83. The van der Waals surface area contributed by atoms with E-state index in [0.29, 0.717) is 12.0 Å². The predicted molar refractivity (Wildman–Crippen MR) is 86.8 cm³/mol. The molecule has 0 aliphatic heterocycles. The van der Waals surface area contributed by atoms with Gasteiger partial charge in [-0.3, -0.25) is 0 Å². The number of nitrogens with two attached hydrogens (primary N) is 1. The molecule has 2 unspecified atom stereocenters. The van der Waals surface area contributed by atoms with Crippen molar-refractivity contribution in [2.75, 3.05) is 11.9 Å². The van der Waals surface area contributed by atoms with E-state index in [1.165, 1.54) is 19.3 Å². The second kappa shape index (κ2) is 6.64. The lowest BCUT2D eigenvalue weighted by atomic mass is 10.0. The number of para-hydroxylation sites is 1. The Morgan fingerprint density at radius 3 is 2.38 bits per heavy atom. The van der Waals surface area contributed by atoms with Crippen LogP contribution in [0.2, 0.25) is 0 Å². The highest BCUT2D eigenvalue weighted by molar-refractivity contribution is 5.48. The van der Waals surface area contributed by atoms with Crippen LogP contribution >= 0.6 is 0 Å². The second-order valence-corrected chi connectivity index (χ2v) is 5.62. The van der Waals surface area contributed by atoms with Gasteiger partial charge in [0, 0.05) is 11.7 Å². The van der Waals surface area contributed by atoms with E-state index in [4.69, 9.17) is 10.5 Å². The summed E-state index contributed by atoms with van der Waals surface area (Å²) in [7, 11) is 0. The Morgan fingerprint density at radius 1 is 0.952 bits per heavy atom. The third-order valence-corrected chi connectivity index (χ3v) is 4.15. The number of hydrogen-bond donors (Lipinski definition) is 2. The summed E-state index contributed by atoms with van der Waals surface area (Å²) in [4.78, 5) is 0. The van der Waals surface area contributed by atoms with Gasteiger partial charge in [0.1, 0.15) is 11.5 Å². The van der Waals surface area contributed by atoms with Crippen LogP contribution in [0, 0.1) is 5.92 Å². The monoisotopic (exact) mass is 282 g/mol. The Balaban J connectivity index is 1.61. The molecule has 0 spiro atoms. The first kappa shape index (κ1) is 14.0. The van der Waals surface area contributed by atoms with Crippen molar-refractivity contribution in [1.29, 1.82) is 0 Å². The van der Waals surface area contributed by atoms with Crippen LogP contribution in [-0.2, 0) is 0 Å². The average Bonchev–Trinajstić information content (AvgIpc) is 2.97. The van der Waals surface area contributed by atoms with Gasteiger partial charge in [-0.1, -0.05) is 24.6 Å². The van der Waals surface area contributed by atoms with Gasteiger partial charge in [0.05, 0.1) is 0 Å². The zero-order valence-corrected chi connectivity index (χ0v) is 12.2. The van der Waals surface area contributed by atoms with Crippen LogP contribution < -0.4 is 15.8 Å². The summed E-state index contributed by atoms with van der Waals surface area (Å²) in [6, 6.07) is 18.5. The number of hydrogen-bond acceptors (Lipinski definition) is 3. The zero-order chi connectivity index (χ0) is 14.5. The molecule has 0 amide bonds. The largest absolute Gasteiger partial charge is 0.457 e. The van der Waals surface area contributed by atoms with Crippen LogP contribution in [0.3, 0.4) is 0 Å². The number of anilines is 1. The fraction of sp³-hybridized carbons (Fsp3) is 0.333. The lowest BCUT2D eigenvalue weighted by molar-refractivity contribution is 0.482. The first-order valence-corrected chi connectivity index (χ1v) is 7.65. The molecule has 2 aromatic carbocycles. The van der Waals surface area contributed by atoms with Crippen molar-refractivity contribution in [3.8, 4) is 11.5 Å². The van der Waals surface area contributed by atoms with Crippen LogP contribution in [0.1, 0.15) is 19.3 Å². The van der Waals surface area contributed by atoms with E-state index < -0.39 is 0 Å². The Hall–Kier alpha value is -2.00. The van der Waals surface area contributed by atoms with E-state index in [0.717, 1.165) is 23.7 Å². The van der Waals surface area contributed by atoms with E-state index >= 15 is 0 Å². The van der Waals surface area contributed by atoms with Gasteiger partial charge in [0.25, 0.3) is 0 Å². The lowest BCUT2D eigenvalue weighted by Crippen LogP contribution is -2.29. The maximum Gasteiger partial charge on any atom is 0.127 e. The number of rotatable bonds is 5. The third kappa shape index (κ3) is 3.56. The molecule has 3 rings (SSSR count). The molecule has 1 saturated carbocycles. The molecule has 21 heavy (non-hydrogen) atoms. The lowest BCUT2D eigenvalue weighted by Gasteiger charge is -2.20. The van der Waals surface area contributed by atoms with E-state index in [-0.39, 0.29) is 0 Å². The Bertz CT molecular complexity index is 553. The van der Waals surface area contributed by atoms with Gasteiger partial charge in [0.15, 0.2) is 0 Å². The van der Waals surface area contributed by atoms with Crippen LogP contribution in [0.25, 0.3) is 0 Å². The first-order chi connectivity index (χ1) is 10.3. The van der Waals surface area contributed by atoms with E-state index in [2.05, 4.69) is 17.4 Å². The van der Waals surface area contributed by atoms with Crippen molar-refractivity contribution in [3.05, 3.63) is 54.6 Å². The van der Waals surface area contributed by atoms with Crippen LogP contribution in [0.4, 0.5) is 5.69 Å². The van der Waals surface area contributed by atoms with Crippen molar-refractivity contribution in [1.82, 2.24) is 0 Å². The van der Waals surface area contributed by atoms with Crippen LogP contribution in [-0.4, -0.2) is 12.6 Å². The Kier molecular flexibility index (Phi) is 4.41. The summed E-state index contributed by atoms with van der Waals surface area (Å²) >= 11 is 0. The summed E-state index contributed by atoms with van der Waals surface area (Å²) < 4.78 is 5.80. The molecule has 2 aromatic rings. The van der Waals surface area contributed by atoms with E-state index in [1.54, 1.807) is 0 Å². The van der Waals surface area contributed by atoms with Crippen molar-refractivity contribution < 1.29 is 4.74 Å². The van der Waals surface area contributed by atoms with Gasteiger partial charge in [-0.15, -0.1) is 0 Å². The summed E-state index contributed by atoms with van der Waals surface area (Å²) in [6.07, 6.45) is 3.72. The molecule has 0 bridgehead atoms. The topological polar surface area (TPSA) is 47.3 Å². The van der Waals surface area contributed by atoms with Crippen LogP contribution in [0.15, 0.2) is 54.6 Å². The molecule has 0 radical (unpaired) electrons. The molecule has 1 aliphatic carbocycles. The van der Waals surface area contributed by atoms with Crippen molar-refractivity contribution in [2.24, 2.45) is 11.7 Å². The minimum Gasteiger partial charge on any atom is -0.457 e. The number of nitrogens with one attached hydrogen (secondary N) is 1. The SMILES string of the molecule is NCC1CCCC1Nc1ccc(Oc2ccccc2)cc1. The highest BCUT2D eigenvalue weighted by Crippen LogP contribution is 2.29. The smallest absolute Gasteiger partial charge is 0.127 e. The fourth-order valence-corrected chi connectivity index (χ4v) is 2.97. The summed E-state index contributed by atoms with van der Waals surface area (Å²) in [5.74, 6) is 2.32. The van der Waals surface area contributed by atoms with Crippen LogP contribution in [0.5, 0.6) is 11.5 Å². The highest BCUT2D eigenvalue weighted by atomic mass is 16.5. The van der Waals surface area contributed by atoms with Gasteiger partial charge in [-0.2, -0.15) is 0 Å². The predicted octanol–water partition coefficient (Wildman–Crippen LogP) is 4.02. The molecule has 3 heteroatoms. The quantitative estimate of drug-likeness (QED) is 0.870. The molecule has 3 nitrogen and oxygen atoms in total. The van der Waals surface area contributed by atoms with Crippen molar-refractivity contribution in [2.45, 2.75) is 25.3 Å². The number of ether oxygens (including phenoxy) is 1. The zero-order valence-electron chi connectivity index (χ0n) is 12.2. The Labute approximate surface area is 126 Å². The van der Waals surface area contributed by atoms with Gasteiger partial charge >= 0.3 is 0 Å². The standard InChI is InChI=1S/C18H22N2O/c19-13-14-5-4-8-18(14)20-15-9-11-17(12-10-15)21-16-6-2-1-3-7-16/h1-3,6-7,9-12,14,18,20H,4-5,8,13,19H2. The molecule has 0 heterocycles. The van der Waals surface area contributed by atoms with E-state index in [9.17, 15) is 0 Å². The summed E-state index contributed by atoms with van der Waals surface area (Å²) in [5, 5.41) is 3.60. The van der Waals surface area contributed by atoms with E-state index in [1.807, 2.05) is 42.5 Å². The molecular formula is C18H22N2O.